The van der Waals surface area contributed by atoms with E-state index in [0.717, 1.165) is 24.4 Å². The highest BCUT2D eigenvalue weighted by Gasteiger charge is 1.99. The minimum Gasteiger partial charge on any atom is -0.494 e. The Bertz CT molecular complexity index is 369. The summed E-state index contributed by atoms with van der Waals surface area (Å²) in [5, 5.41) is 11.7. The van der Waals surface area contributed by atoms with E-state index in [1.165, 1.54) is 0 Å². The molecular formula is C13H20N2O3. The van der Waals surface area contributed by atoms with Gasteiger partial charge in [-0.2, -0.15) is 0 Å². The smallest absolute Gasteiger partial charge is 0.303 e. The second kappa shape index (κ2) is 8.36. The van der Waals surface area contributed by atoms with Crippen molar-refractivity contribution in [2.45, 2.75) is 19.3 Å². The number of carboxylic acids is 1. The second-order valence-electron chi connectivity index (χ2n) is 3.94. The van der Waals surface area contributed by atoms with Gasteiger partial charge in [0.1, 0.15) is 5.75 Å². The Morgan fingerprint density at radius 1 is 1.39 bits per heavy atom. The zero-order chi connectivity index (χ0) is 13.2. The van der Waals surface area contributed by atoms with Crippen LogP contribution in [0.5, 0.6) is 5.75 Å². The highest BCUT2D eigenvalue weighted by Crippen LogP contribution is 2.17. The molecule has 1 rings (SSSR count). The zero-order valence-corrected chi connectivity index (χ0v) is 10.4. The van der Waals surface area contributed by atoms with Crippen molar-refractivity contribution in [3.63, 3.8) is 0 Å². The van der Waals surface area contributed by atoms with E-state index in [1.54, 1.807) is 0 Å². The lowest BCUT2D eigenvalue weighted by Crippen LogP contribution is -2.08. The number of nitrogens with one attached hydrogen (secondary N) is 1. The maximum Gasteiger partial charge on any atom is 0.303 e. The molecule has 0 radical (unpaired) electrons. The van der Waals surface area contributed by atoms with Crippen LogP contribution < -0.4 is 15.8 Å². The van der Waals surface area contributed by atoms with Crippen LogP contribution in [0.2, 0.25) is 0 Å². The first-order chi connectivity index (χ1) is 8.72. The van der Waals surface area contributed by atoms with Gasteiger partial charge in [0.15, 0.2) is 0 Å². The van der Waals surface area contributed by atoms with E-state index >= 15 is 0 Å². The van der Waals surface area contributed by atoms with Crippen LogP contribution in [0.4, 0.5) is 5.69 Å². The van der Waals surface area contributed by atoms with Crippen LogP contribution in [-0.4, -0.2) is 30.8 Å². The minimum atomic E-state index is -0.796. The summed E-state index contributed by atoms with van der Waals surface area (Å²) in [4.78, 5) is 10.3. The molecule has 0 unspecified atom stereocenters. The van der Waals surface area contributed by atoms with E-state index in [0.29, 0.717) is 19.6 Å². The second-order valence-corrected chi connectivity index (χ2v) is 3.94. The summed E-state index contributed by atoms with van der Waals surface area (Å²) in [5.74, 6) is -0.0473. The molecule has 0 bridgehead atoms. The summed E-state index contributed by atoms with van der Waals surface area (Å²) in [6, 6.07) is 7.62. The van der Waals surface area contributed by atoms with Crippen LogP contribution in [-0.2, 0) is 4.79 Å². The third-order valence-corrected chi connectivity index (χ3v) is 2.35. The van der Waals surface area contributed by atoms with E-state index in [2.05, 4.69) is 5.32 Å². The number of ether oxygens (including phenoxy) is 1. The van der Waals surface area contributed by atoms with Gasteiger partial charge in [0.25, 0.3) is 0 Å². The molecule has 0 heterocycles. The molecule has 5 nitrogen and oxygen atoms in total. The van der Waals surface area contributed by atoms with Crippen LogP contribution in [0.1, 0.15) is 19.3 Å². The third-order valence-electron chi connectivity index (χ3n) is 2.35. The van der Waals surface area contributed by atoms with E-state index in [-0.39, 0.29) is 6.42 Å². The molecule has 0 spiro atoms. The minimum absolute atomic E-state index is 0.133. The Balaban J connectivity index is 2.32. The summed E-state index contributed by atoms with van der Waals surface area (Å²) in [5.41, 5.74) is 6.40. The highest BCUT2D eigenvalue weighted by atomic mass is 16.5. The molecular weight excluding hydrogens is 232 g/mol. The van der Waals surface area contributed by atoms with Gasteiger partial charge < -0.3 is 20.9 Å². The highest BCUT2D eigenvalue weighted by molar-refractivity contribution is 5.66. The molecule has 0 aromatic heterocycles. The van der Waals surface area contributed by atoms with Gasteiger partial charge in [0, 0.05) is 24.7 Å². The van der Waals surface area contributed by atoms with Crippen molar-refractivity contribution in [3.8, 4) is 5.75 Å². The Labute approximate surface area is 107 Å². The summed E-state index contributed by atoms with van der Waals surface area (Å²) in [6.45, 7) is 1.91. The Morgan fingerprint density at radius 2 is 2.22 bits per heavy atom. The first-order valence-electron chi connectivity index (χ1n) is 6.11. The predicted octanol–water partition coefficient (Wildman–Crippen LogP) is 1.69. The molecule has 0 amide bonds. The van der Waals surface area contributed by atoms with Crippen molar-refractivity contribution in [1.82, 2.24) is 0 Å². The molecule has 0 aliphatic heterocycles. The van der Waals surface area contributed by atoms with Crippen LogP contribution in [0, 0.1) is 0 Å². The predicted molar refractivity (Wildman–Crippen MR) is 71.0 cm³/mol. The molecule has 0 fully saturated rings. The molecule has 0 saturated heterocycles. The molecule has 4 N–H and O–H groups in total. The quantitative estimate of drug-likeness (QED) is 0.582. The third kappa shape index (κ3) is 6.10. The first-order valence-corrected chi connectivity index (χ1v) is 6.11. The summed E-state index contributed by atoms with van der Waals surface area (Å²) in [6.07, 6.45) is 1.57. The number of hydrogen-bond donors (Lipinski definition) is 3. The van der Waals surface area contributed by atoms with E-state index in [4.69, 9.17) is 15.6 Å². The average Bonchev–Trinajstić information content (AvgIpc) is 2.35. The number of aliphatic carboxylic acids is 1. The van der Waals surface area contributed by atoms with E-state index in [1.807, 2.05) is 24.3 Å². The Morgan fingerprint density at radius 3 is 2.94 bits per heavy atom. The van der Waals surface area contributed by atoms with Crippen molar-refractivity contribution in [1.29, 1.82) is 0 Å². The number of hydrogen-bond acceptors (Lipinski definition) is 4. The monoisotopic (exact) mass is 252 g/mol. The van der Waals surface area contributed by atoms with Gasteiger partial charge in [-0.05, 0) is 31.5 Å². The lowest BCUT2D eigenvalue weighted by molar-refractivity contribution is -0.137. The van der Waals surface area contributed by atoms with Crippen molar-refractivity contribution >= 4 is 11.7 Å². The average molecular weight is 252 g/mol. The first kappa shape index (κ1) is 14.3. The van der Waals surface area contributed by atoms with Crippen LogP contribution in [0.15, 0.2) is 24.3 Å². The van der Waals surface area contributed by atoms with Crippen molar-refractivity contribution in [2.75, 3.05) is 25.0 Å². The van der Waals surface area contributed by atoms with Crippen LogP contribution in [0.25, 0.3) is 0 Å². The number of anilines is 1. The van der Waals surface area contributed by atoms with Crippen molar-refractivity contribution in [2.24, 2.45) is 5.73 Å². The Kier molecular flexibility index (Phi) is 6.64. The summed E-state index contributed by atoms with van der Waals surface area (Å²) < 4.78 is 5.48. The van der Waals surface area contributed by atoms with Crippen LogP contribution >= 0.6 is 0 Å². The van der Waals surface area contributed by atoms with Crippen molar-refractivity contribution < 1.29 is 14.6 Å². The molecule has 0 saturated carbocycles. The van der Waals surface area contributed by atoms with Gasteiger partial charge in [-0.15, -0.1) is 0 Å². The number of carboxylic acid groups (broad SMARTS) is 1. The Hall–Kier alpha value is -1.75. The topological polar surface area (TPSA) is 84.6 Å². The number of rotatable bonds is 9. The lowest BCUT2D eigenvalue weighted by Gasteiger charge is -2.09. The summed E-state index contributed by atoms with van der Waals surface area (Å²) in [7, 11) is 0. The van der Waals surface area contributed by atoms with Gasteiger partial charge in [0.2, 0.25) is 0 Å². The molecule has 0 atom stereocenters. The molecule has 1 aromatic rings. The standard InChI is InChI=1S/C13H20N2O3/c14-7-3-8-15-11-4-1-5-12(10-11)18-9-2-6-13(16)17/h1,4-5,10,15H,2-3,6-9,14H2,(H,16,17). The van der Waals surface area contributed by atoms with Gasteiger partial charge in [-0.3, -0.25) is 4.79 Å². The zero-order valence-electron chi connectivity index (χ0n) is 10.4. The van der Waals surface area contributed by atoms with Crippen molar-refractivity contribution in [3.05, 3.63) is 24.3 Å². The van der Waals surface area contributed by atoms with Gasteiger partial charge in [0.05, 0.1) is 6.61 Å². The molecule has 1 aromatic carbocycles. The fourth-order valence-corrected chi connectivity index (χ4v) is 1.44. The fourth-order valence-electron chi connectivity index (χ4n) is 1.44. The van der Waals surface area contributed by atoms with Gasteiger partial charge in [-0.25, -0.2) is 0 Å². The molecule has 100 valence electrons. The maximum atomic E-state index is 10.3. The number of benzene rings is 1. The summed E-state index contributed by atoms with van der Waals surface area (Å²) >= 11 is 0. The van der Waals surface area contributed by atoms with Crippen LogP contribution in [0.3, 0.4) is 0 Å². The van der Waals surface area contributed by atoms with E-state index in [9.17, 15) is 4.79 Å². The fraction of sp³-hybridized carbons (Fsp3) is 0.462. The normalized spacial score (nSPS) is 10.1. The molecule has 5 heteroatoms. The van der Waals surface area contributed by atoms with Gasteiger partial charge in [-0.1, -0.05) is 6.07 Å². The molecule has 18 heavy (non-hydrogen) atoms. The maximum absolute atomic E-state index is 10.3. The number of carbonyl (C=O) groups is 1. The van der Waals surface area contributed by atoms with E-state index < -0.39 is 5.97 Å². The van der Waals surface area contributed by atoms with Gasteiger partial charge >= 0.3 is 5.97 Å². The molecule has 0 aliphatic carbocycles. The number of nitrogens with two attached hydrogens (primary N) is 1. The molecule has 0 aliphatic rings. The largest absolute Gasteiger partial charge is 0.494 e. The SMILES string of the molecule is NCCCNc1cccc(OCCCC(=O)O)c1. The lowest BCUT2D eigenvalue weighted by atomic mass is 10.3.